The highest BCUT2D eigenvalue weighted by molar-refractivity contribution is 6.03. The molecule has 0 aliphatic heterocycles. The van der Waals surface area contributed by atoms with Gasteiger partial charge in [-0.2, -0.15) is 0 Å². The van der Waals surface area contributed by atoms with E-state index < -0.39 is 11.7 Å². The molecule has 1 amide bonds. The van der Waals surface area contributed by atoms with Gasteiger partial charge in [0.25, 0.3) is 5.91 Å². The summed E-state index contributed by atoms with van der Waals surface area (Å²) in [7, 11) is 0. The number of carbonyl (C=O) groups is 1. The molecule has 0 unspecified atom stereocenters. The van der Waals surface area contributed by atoms with E-state index in [1.807, 2.05) is 24.3 Å². The zero-order valence-electron chi connectivity index (χ0n) is 13.7. The predicted molar refractivity (Wildman–Crippen MR) is 95.5 cm³/mol. The van der Waals surface area contributed by atoms with Gasteiger partial charge < -0.3 is 10.6 Å². The van der Waals surface area contributed by atoms with Gasteiger partial charge in [0.15, 0.2) is 11.6 Å². The minimum Gasteiger partial charge on any atom is -0.339 e. The predicted octanol–water partition coefficient (Wildman–Crippen LogP) is 4.17. The summed E-state index contributed by atoms with van der Waals surface area (Å²) < 4.78 is 13.6. The van der Waals surface area contributed by atoms with Crippen LogP contribution in [0.1, 0.15) is 22.8 Å². The van der Waals surface area contributed by atoms with Gasteiger partial charge in [-0.05, 0) is 48.4 Å². The normalized spacial score (nSPS) is 10.3. The summed E-state index contributed by atoms with van der Waals surface area (Å²) in [4.78, 5) is 12.0. The summed E-state index contributed by atoms with van der Waals surface area (Å²) in [6, 6.07) is 17.1. The Morgan fingerprint density at radius 2 is 1.64 bits per heavy atom. The number of hydrogen-bond donors (Lipinski definition) is 2. The van der Waals surface area contributed by atoms with Crippen molar-refractivity contribution in [2.75, 3.05) is 10.6 Å². The Hall–Kier alpha value is -3.28. The molecule has 0 radical (unpaired) electrons. The highest BCUT2D eigenvalue weighted by Gasteiger charge is 2.11. The van der Waals surface area contributed by atoms with Crippen LogP contribution in [0.5, 0.6) is 0 Å². The molecule has 0 saturated heterocycles. The molecule has 3 rings (SSSR count). The largest absolute Gasteiger partial charge is 0.339 e. The van der Waals surface area contributed by atoms with Crippen molar-refractivity contribution in [2.45, 2.75) is 13.3 Å². The van der Waals surface area contributed by atoms with Crippen molar-refractivity contribution in [1.82, 2.24) is 10.2 Å². The second-order valence-electron chi connectivity index (χ2n) is 5.41. The second kappa shape index (κ2) is 7.53. The Balaban J connectivity index is 1.65. The van der Waals surface area contributed by atoms with Crippen LogP contribution in [-0.2, 0) is 6.42 Å². The molecular formula is C19H17FN4O. The van der Waals surface area contributed by atoms with E-state index in [9.17, 15) is 9.18 Å². The smallest absolute Gasteiger partial charge is 0.259 e. The van der Waals surface area contributed by atoms with Crippen LogP contribution in [0.2, 0.25) is 0 Å². The number of amides is 1. The number of halogens is 1. The van der Waals surface area contributed by atoms with Crippen molar-refractivity contribution >= 4 is 23.2 Å². The number of nitrogens with zero attached hydrogens (tertiary/aromatic N) is 2. The molecule has 0 saturated carbocycles. The van der Waals surface area contributed by atoms with E-state index in [-0.39, 0.29) is 11.4 Å². The molecule has 2 aromatic carbocycles. The van der Waals surface area contributed by atoms with E-state index in [2.05, 4.69) is 27.8 Å². The van der Waals surface area contributed by atoms with Crippen LogP contribution in [0.25, 0.3) is 0 Å². The number of benzene rings is 2. The first-order chi connectivity index (χ1) is 12.2. The molecule has 3 aromatic rings. The Morgan fingerprint density at radius 1 is 0.960 bits per heavy atom. The second-order valence-corrected chi connectivity index (χ2v) is 5.41. The van der Waals surface area contributed by atoms with Gasteiger partial charge in [-0.25, -0.2) is 4.39 Å². The van der Waals surface area contributed by atoms with Gasteiger partial charge in [-0.3, -0.25) is 4.79 Å². The lowest BCUT2D eigenvalue weighted by atomic mass is 10.1. The minimum atomic E-state index is -0.582. The maximum absolute atomic E-state index is 13.6. The average molecular weight is 336 g/mol. The van der Waals surface area contributed by atoms with Crippen molar-refractivity contribution in [3.63, 3.8) is 0 Å². The molecular weight excluding hydrogens is 319 g/mol. The van der Waals surface area contributed by atoms with E-state index >= 15 is 0 Å². The number of carbonyl (C=O) groups excluding carboxylic acids is 1. The van der Waals surface area contributed by atoms with Crippen LogP contribution < -0.4 is 10.6 Å². The fourth-order valence-electron chi connectivity index (χ4n) is 2.27. The zero-order chi connectivity index (χ0) is 17.6. The third-order valence-corrected chi connectivity index (χ3v) is 3.66. The summed E-state index contributed by atoms with van der Waals surface area (Å²) in [5.74, 6) is -0.349. The molecule has 1 aromatic heterocycles. The standard InChI is InChI=1S/C19H17FN4O/c1-2-13-7-9-14(10-8-13)21-17-11-12-18(24-23-17)22-19(25)15-5-3-4-6-16(15)20/h3-12H,2H2,1H3,(H,21,23)(H,22,24,25). The van der Waals surface area contributed by atoms with Crippen LogP contribution in [-0.4, -0.2) is 16.1 Å². The first-order valence-electron chi connectivity index (χ1n) is 7.91. The third kappa shape index (κ3) is 4.17. The Kier molecular flexibility index (Phi) is 4.99. The number of hydrogen-bond acceptors (Lipinski definition) is 4. The molecule has 0 aliphatic rings. The molecule has 1 heterocycles. The fourth-order valence-corrected chi connectivity index (χ4v) is 2.27. The Morgan fingerprint density at radius 3 is 2.28 bits per heavy atom. The van der Waals surface area contributed by atoms with Crippen LogP contribution in [0.15, 0.2) is 60.7 Å². The molecule has 2 N–H and O–H groups in total. The van der Waals surface area contributed by atoms with E-state index in [0.717, 1.165) is 12.1 Å². The molecule has 6 heteroatoms. The Bertz CT molecular complexity index is 863. The first-order valence-corrected chi connectivity index (χ1v) is 7.91. The molecule has 126 valence electrons. The molecule has 5 nitrogen and oxygen atoms in total. The van der Waals surface area contributed by atoms with Gasteiger partial charge in [0.1, 0.15) is 5.82 Å². The highest BCUT2D eigenvalue weighted by atomic mass is 19.1. The van der Waals surface area contributed by atoms with Crippen molar-refractivity contribution in [3.05, 3.63) is 77.6 Å². The van der Waals surface area contributed by atoms with Crippen molar-refractivity contribution in [3.8, 4) is 0 Å². The molecule has 0 aliphatic carbocycles. The Labute approximate surface area is 144 Å². The number of anilines is 3. The van der Waals surface area contributed by atoms with E-state index in [0.29, 0.717) is 5.82 Å². The van der Waals surface area contributed by atoms with Gasteiger partial charge in [-0.1, -0.05) is 31.2 Å². The maximum atomic E-state index is 13.6. The molecule has 0 bridgehead atoms. The summed E-state index contributed by atoms with van der Waals surface area (Å²) >= 11 is 0. The first kappa shape index (κ1) is 16.6. The lowest BCUT2D eigenvalue weighted by molar-refractivity contribution is 0.102. The molecule has 0 fully saturated rings. The lowest BCUT2D eigenvalue weighted by Crippen LogP contribution is -2.15. The van der Waals surface area contributed by atoms with Crippen molar-refractivity contribution in [2.24, 2.45) is 0 Å². The number of aromatic nitrogens is 2. The number of rotatable bonds is 5. The molecule has 25 heavy (non-hydrogen) atoms. The van der Waals surface area contributed by atoms with E-state index in [1.54, 1.807) is 18.2 Å². The van der Waals surface area contributed by atoms with Gasteiger partial charge in [0.2, 0.25) is 0 Å². The average Bonchev–Trinajstić information content (AvgIpc) is 2.64. The SMILES string of the molecule is CCc1ccc(Nc2ccc(NC(=O)c3ccccc3F)nn2)cc1. The quantitative estimate of drug-likeness (QED) is 0.734. The fraction of sp³-hybridized carbons (Fsp3) is 0.105. The van der Waals surface area contributed by atoms with Crippen LogP contribution in [0.3, 0.4) is 0 Å². The van der Waals surface area contributed by atoms with Crippen LogP contribution in [0, 0.1) is 5.82 Å². The van der Waals surface area contributed by atoms with Crippen molar-refractivity contribution in [1.29, 1.82) is 0 Å². The van der Waals surface area contributed by atoms with Crippen molar-refractivity contribution < 1.29 is 9.18 Å². The lowest BCUT2D eigenvalue weighted by Gasteiger charge is -2.07. The monoisotopic (exact) mass is 336 g/mol. The molecule has 0 atom stereocenters. The topological polar surface area (TPSA) is 66.9 Å². The van der Waals surface area contributed by atoms with E-state index in [4.69, 9.17) is 0 Å². The van der Waals surface area contributed by atoms with Gasteiger partial charge in [0.05, 0.1) is 5.56 Å². The summed E-state index contributed by atoms with van der Waals surface area (Å²) in [5.41, 5.74) is 2.11. The summed E-state index contributed by atoms with van der Waals surface area (Å²) in [5, 5.41) is 13.6. The van der Waals surface area contributed by atoms with Crippen LogP contribution >= 0.6 is 0 Å². The summed E-state index contributed by atoms with van der Waals surface area (Å²) in [6.45, 7) is 2.10. The molecule has 0 spiro atoms. The van der Waals surface area contributed by atoms with E-state index in [1.165, 1.54) is 23.8 Å². The van der Waals surface area contributed by atoms with Gasteiger partial charge in [0, 0.05) is 5.69 Å². The zero-order valence-corrected chi connectivity index (χ0v) is 13.7. The maximum Gasteiger partial charge on any atom is 0.259 e. The highest BCUT2D eigenvalue weighted by Crippen LogP contribution is 2.16. The number of nitrogens with one attached hydrogen (secondary N) is 2. The van der Waals surface area contributed by atoms with Gasteiger partial charge >= 0.3 is 0 Å². The van der Waals surface area contributed by atoms with Gasteiger partial charge in [-0.15, -0.1) is 10.2 Å². The summed E-state index contributed by atoms with van der Waals surface area (Å²) in [6.07, 6.45) is 0.983. The van der Waals surface area contributed by atoms with Crippen LogP contribution in [0.4, 0.5) is 21.7 Å². The minimum absolute atomic E-state index is 0.0393. The third-order valence-electron chi connectivity index (χ3n) is 3.66. The number of aryl methyl sites for hydroxylation is 1.